The summed E-state index contributed by atoms with van der Waals surface area (Å²) in [6.07, 6.45) is -0.0495. The number of nitrogens with zero attached hydrogens (tertiary/aromatic N) is 2. The van der Waals surface area contributed by atoms with Crippen molar-refractivity contribution in [1.29, 1.82) is 0 Å². The van der Waals surface area contributed by atoms with Crippen molar-refractivity contribution in [3.05, 3.63) is 38.2 Å². The van der Waals surface area contributed by atoms with E-state index < -0.39 is 17.4 Å². The largest absolute Gasteiger partial charge is 0.507 e. The SMILES string of the molecule is COC(=O)C[C@@H](c1sc(N(C)C)nc1C)c1c(O)cc(C)[nH]c1=O. The Hall–Kier alpha value is -2.35. The van der Waals surface area contributed by atoms with E-state index in [1.165, 1.54) is 24.5 Å². The highest BCUT2D eigenvalue weighted by Gasteiger charge is 2.29. The lowest BCUT2D eigenvalue weighted by atomic mass is 9.93. The van der Waals surface area contributed by atoms with E-state index in [-0.39, 0.29) is 17.7 Å². The van der Waals surface area contributed by atoms with E-state index in [2.05, 4.69) is 9.97 Å². The lowest BCUT2D eigenvalue weighted by Crippen LogP contribution is -2.20. The molecule has 0 saturated heterocycles. The summed E-state index contributed by atoms with van der Waals surface area (Å²) in [6, 6.07) is 1.48. The number of thiazole rings is 1. The third-order valence-electron chi connectivity index (χ3n) is 3.65. The fraction of sp³-hybridized carbons (Fsp3) is 0.438. The molecule has 7 nitrogen and oxygen atoms in total. The maximum Gasteiger partial charge on any atom is 0.306 e. The van der Waals surface area contributed by atoms with Gasteiger partial charge >= 0.3 is 5.97 Å². The number of H-pyrrole nitrogens is 1. The van der Waals surface area contributed by atoms with Crippen molar-refractivity contribution in [2.75, 3.05) is 26.1 Å². The molecule has 2 heterocycles. The molecule has 0 radical (unpaired) electrons. The van der Waals surface area contributed by atoms with Crippen molar-refractivity contribution in [3.63, 3.8) is 0 Å². The second kappa shape index (κ2) is 7.04. The standard InChI is InChI=1S/C16H21N3O4S/c1-8-6-11(20)13(15(22)17-8)10(7-12(21)23-5)14-9(2)18-16(24-14)19(3)4/h6,10H,7H2,1-5H3,(H2,17,20,22)/t10-/m1/s1. The Kier molecular flexibility index (Phi) is 5.28. The number of esters is 1. The molecule has 0 spiro atoms. The number of rotatable bonds is 5. The van der Waals surface area contributed by atoms with Crippen molar-refractivity contribution in [2.45, 2.75) is 26.2 Å². The minimum Gasteiger partial charge on any atom is -0.507 e. The van der Waals surface area contributed by atoms with Crippen LogP contribution in [0.2, 0.25) is 0 Å². The quantitative estimate of drug-likeness (QED) is 0.799. The van der Waals surface area contributed by atoms with E-state index in [0.29, 0.717) is 5.69 Å². The highest BCUT2D eigenvalue weighted by atomic mass is 32.1. The first kappa shape index (κ1) is 18.0. The van der Waals surface area contributed by atoms with E-state index >= 15 is 0 Å². The molecule has 2 aromatic heterocycles. The van der Waals surface area contributed by atoms with Gasteiger partial charge in [-0.15, -0.1) is 11.3 Å². The Balaban J connectivity index is 2.62. The third-order valence-corrected chi connectivity index (χ3v) is 5.09. The lowest BCUT2D eigenvalue weighted by Gasteiger charge is -2.16. The molecule has 0 amide bonds. The molecule has 2 aromatic rings. The molecule has 0 unspecified atom stereocenters. The second-order valence-corrected chi connectivity index (χ2v) is 6.76. The number of anilines is 1. The first-order chi connectivity index (χ1) is 11.2. The van der Waals surface area contributed by atoms with Crippen molar-refractivity contribution in [2.24, 2.45) is 0 Å². The van der Waals surface area contributed by atoms with E-state index in [1.807, 2.05) is 25.9 Å². The normalized spacial score (nSPS) is 12.0. The van der Waals surface area contributed by atoms with Crippen LogP contribution in [0.15, 0.2) is 10.9 Å². The Morgan fingerprint density at radius 2 is 2.12 bits per heavy atom. The van der Waals surface area contributed by atoms with Gasteiger partial charge < -0.3 is 19.7 Å². The summed E-state index contributed by atoms with van der Waals surface area (Å²) in [5.41, 5.74) is 1.01. The summed E-state index contributed by atoms with van der Waals surface area (Å²) in [5.74, 6) is -1.21. The summed E-state index contributed by atoms with van der Waals surface area (Å²) in [5, 5.41) is 11.1. The zero-order valence-electron chi connectivity index (χ0n) is 14.3. The molecular formula is C16H21N3O4S. The van der Waals surface area contributed by atoms with Crippen LogP contribution >= 0.6 is 11.3 Å². The topological polar surface area (TPSA) is 95.5 Å². The molecule has 1 atom stereocenters. The maximum absolute atomic E-state index is 12.4. The smallest absolute Gasteiger partial charge is 0.306 e. The molecule has 0 aliphatic rings. The summed E-state index contributed by atoms with van der Waals surface area (Å²) < 4.78 is 4.76. The van der Waals surface area contributed by atoms with E-state index in [1.54, 1.807) is 6.92 Å². The zero-order chi connectivity index (χ0) is 18.0. The van der Waals surface area contributed by atoms with Crippen LogP contribution in [0.1, 0.15) is 34.2 Å². The summed E-state index contributed by atoms with van der Waals surface area (Å²) in [7, 11) is 5.03. The summed E-state index contributed by atoms with van der Waals surface area (Å²) in [6.45, 7) is 3.50. The fourth-order valence-electron chi connectivity index (χ4n) is 2.50. The van der Waals surface area contributed by atoms with Gasteiger partial charge in [-0.25, -0.2) is 4.98 Å². The van der Waals surface area contributed by atoms with Crippen LogP contribution in [0.5, 0.6) is 5.75 Å². The molecule has 24 heavy (non-hydrogen) atoms. The number of aryl methyl sites for hydroxylation is 2. The van der Waals surface area contributed by atoms with Gasteiger partial charge in [0.15, 0.2) is 5.13 Å². The van der Waals surface area contributed by atoms with Crippen LogP contribution in [-0.2, 0) is 9.53 Å². The number of nitrogens with one attached hydrogen (secondary N) is 1. The van der Waals surface area contributed by atoms with Crippen molar-refractivity contribution < 1.29 is 14.6 Å². The number of aromatic amines is 1. The van der Waals surface area contributed by atoms with Crippen molar-refractivity contribution in [1.82, 2.24) is 9.97 Å². The lowest BCUT2D eigenvalue weighted by molar-refractivity contribution is -0.140. The van der Waals surface area contributed by atoms with Crippen molar-refractivity contribution in [3.8, 4) is 5.75 Å². The number of hydrogen-bond acceptors (Lipinski definition) is 7. The number of aromatic hydroxyl groups is 1. The molecule has 0 aromatic carbocycles. The first-order valence-corrected chi connectivity index (χ1v) is 8.20. The maximum atomic E-state index is 12.4. The van der Waals surface area contributed by atoms with Gasteiger partial charge in [-0.05, 0) is 19.9 Å². The number of carbonyl (C=O) groups excluding carboxylic acids is 1. The molecule has 8 heteroatoms. The van der Waals surface area contributed by atoms with Crippen LogP contribution < -0.4 is 10.5 Å². The molecule has 2 rings (SSSR count). The fourth-order valence-corrected chi connectivity index (χ4v) is 3.60. The number of pyridine rings is 1. The molecule has 0 bridgehead atoms. The predicted octanol–water partition coefficient (Wildman–Crippen LogP) is 1.91. The van der Waals surface area contributed by atoms with Gasteiger partial charge in [0.05, 0.1) is 24.8 Å². The van der Waals surface area contributed by atoms with Gasteiger partial charge in [0.25, 0.3) is 5.56 Å². The van der Waals surface area contributed by atoms with E-state index in [4.69, 9.17) is 4.74 Å². The molecule has 0 aliphatic carbocycles. The third kappa shape index (κ3) is 3.59. The highest BCUT2D eigenvalue weighted by Crippen LogP contribution is 2.38. The van der Waals surface area contributed by atoms with Crippen LogP contribution in [0.3, 0.4) is 0 Å². The Morgan fingerprint density at radius 3 is 2.62 bits per heavy atom. The minimum atomic E-state index is -0.618. The van der Waals surface area contributed by atoms with E-state index in [0.717, 1.165) is 15.7 Å². The van der Waals surface area contributed by atoms with Gasteiger partial charge in [-0.1, -0.05) is 0 Å². The first-order valence-electron chi connectivity index (χ1n) is 7.38. The van der Waals surface area contributed by atoms with Gasteiger partial charge in [-0.3, -0.25) is 9.59 Å². The Labute approximate surface area is 143 Å². The molecule has 0 saturated carbocycles. The van der Waals surface area contributed by atoms with E-state index in [9.17, 15) is 14.7 Å². The highest BCUT2D eigenvalue weighted by molar-refractivity contribution is 7.15. The Morgan fingerprint density at radius 1 is 1.46 bits per heavy atom. The number of ether oxygens (including phenoxy) is 1. The van der Waals surface area contributed by atoms with Crippen LogP contribution in [-0.4, -0.2) is 42.2 Å². The molecule has 2 N–H and O–H groups in total. The van der Waals surface area contributed by atoms with Crippen LogP contribution in [0.25, 0.3) is 0 Å². The van der Waals surface area contributed by atoms with Crippen LogP contribution in [0, 0.1) is 13.8 Å². The van der Waals surface area contributed by atoms with Gasteiger partial charge in [-0.2, -0.15) is 0 Å². The number of hydrogen-bond donors (Lipinski definition) is 2. The van der Waals surface area contributed by atoms with Gasteiger partial charge in [0.2, 0.25) is 0 Å². The predicted molar refractivity (Wildman–Crippen MR) is 93.1 cm³/mol. The van der Waals surface area contributed by atoms with Crippen LogP contribution in [0.4, 0.5) is 5.13 Å². The molecule has 0 fully saturated rings. The molecule has 130 valence electrons. The monoisotopic (exact) mass is 351 g/mol. The summed E-state index contributed by atoms with van der Waals surface area (Å²) in [4.78, 5) is 34.0. The number of aromatic nitrogens is 2. The average molecular weight is 351 g/mol. The zero-order valence-corrected chi connectivity index (χ0v) is 15.2. The Bertz CT molecular complexity index is 810. The van der Waals surface area contributed by atoms with Gasteiger partial charge in [0.1, 0.15) is 5.75 Å². The number of methoxy groups -OCH3 is 1. The minimum absolute atomic E-state index is 0.0495. The number of carbonyl (C=O) groups is 1. The molecular weight excluding hydrogens is 330 g/mol. The average Bonchev–Trinajstić information content (AvgIpc) is 2.87. The summed E-state index contributed by atoms with van der Waals surface area (Å²) >= 11 is 1.39. The van der Waals surface area contributed by atoms with Gasteiger partial charge in [0, 0.05) is 30.6 Å². The molecule has 0 aliphatic heterocycles. The second-order valence-electron chi connectivity index (χ2n) is 5.75. The van der Waals surface area contributed by atoms with Crippen molar-refractivity contribution >= 4 is 22.4 Å².